The third-order valence-electron chi connectivity index (χ3n) is 2.80. The van der Waals surface area contributed by atoms with E-state index in [-0.39, 0.29) is 5.91 Å². The first-order chi connectivity index (χ1) is 9.65. The number of fused-ring (bicyclic) bond motifs is 1. The number of aromatic nitrogens is 3. The van der Waals surface area contributed by atoms with Crippen molar-refractivity contribution in [2.45, 2.75) is 6.92 Å². The number of nitrogen functional groups attached to an aromatic ring is 1. The number of carbonyl (C=O) groups is 1. The monoisotopic (exact) mass is 285 g/mol. The van der Waals surface area contributed by atoms with Gasteiger partial charge in [0, 0.05) is 11.1 Å². The van der Waals surface area contributed by atoms with Crippen molar-refractivity contribution in [3.63, 3.8) is 0 Å². The largest absolute Gasteiger partial charge is 0.397 e. The van der Waals surface area contributed by atoms with Crippen LogP contribution in [0.2, 0.25) is 0 Å². The molecule has 0 fully saturated rings. The van der Waals surface area contributed by atoms with E-state index >= 15 is 0 Å². The van der Waals surface area contributed by atoms with Gasteiger partial charge in [0.25, 0.3) is 5.91 Å². The number of hydrogen-bond donors (Lipinski definition) is 2. The number of rotatable bonds is 2. The molecule has 3 N–H and O–H groups in total. The van der Waals surface area contributed by atoms with Gasteiger partial charge in [-0.3, -0.25) is 9.78 Å². The number of pyridine rings is 1. The van der Waals surface area contributed by atoms with E-state index in [4.69, 9.17) is 5.73 Å². The summed E-state index contributed by atoms with van der Waals surface area (Å²) in [5.74, 6) is -0.267. The third-order valence-corrected chi connectivity index (χ3v) is 3.90. The molecule has 0 radical (unpaired) electrons. The number of nitrogens with one attached hydrogen (secondary N) is 1. The van der Waals surface area contributed by atoms with E-state index in [1.54, 1.807) is 24.5 Å². The summed E-state index contributed by atoms with van der Waals surface area (Å²) < 4.78 is 0. The Labute approximate surface area is 118 Å². The van der Waals surface area contributed by atoms with Crippen LogP contribution < -0.4 is 11.1 Å². The molecule has 1 amide bonds. The minimum absolute atomic E-state index is 0.267. The van der Waals surface area contributed by atoms with E-state index in [2.05, 4.69) is 20.5 Å². The van der Waals surface area contributed by atoms with E-state index in [9.17, 15) is 4.79 Å². The van der Waals surface area contributed by atoms with Crippen molar-refractivity contribution in [2.75, 3.05) is 11.1 Å². The van der Waals surface area contributed by atoms with Gasteiger partial charge in [0.2, 0.25) is 0 Å². The molecule has 100 valence electrons. The third kappa shape index (κ3) is 2.19. The van der Waals surface area contributed by atoms with Gasteiger partial charge < -0.3 is 11.1 Å². The molecule has 0 aliphatic carbocycles. The van der Waals surface area contributed by atoms with Gasteiger partial charge >= 0.3 is 0 Å². The van der Waals surface area contributed by atoms with Crippen LogP contribution in [0.3, 0.4) is 0 Å². The summed E-state index contributed by atoms with van der Waals surface area (Å²) in [6.07, 6.45) is 3.16. The summed E-state index contributed by atoms with van der Waals surface area (Å²) in [6, 6.07) is 5.37. The Bertz CT molecular complexity index is 781. The van der Waals surface area contributed by atoms with E-state index in [1.807, 2.05) is 13.0 Å². The average Bonchev–Trinajstić information content (AvgIpc) is 2.79. The summed E-state index contributed by atoms with van der Waals surface area (Å²) in [4.78, 5) is 17.4. The molecule has 0 bridgehead atoms. The second kappa shape index (κ2) is 4.86. The Morgan fingerprint density at radius 1 is 1.35 bits per heavy atom. The fourth-order valence-corrected chi connectivity index (χ4v) is 2.70. The van der Waals surface area contributed by atoms with Gasteiger partial charge in [-0.1, -0.05) is 0 Å². The molecule has 3 rings (SSSR count). The van der Waals surface area contributed by atoms with Crippen molar-refractivity contribution in [1.82, 2.24) is 15.2 Å². The maximum Gasteiger partial charge on any atom is 0.267 e. The second-order valence-electron chi connectivity index (χ2n) is 4.24. The first-order valence-electron chi connectivity index (χ1n) is 5.89. The van der Waals surface area contributed by atoms with Crippen molar-refractivity contribution >= 4 is 38.8 Å². The summed E-state index contributed by atoms with van der Waals surface area (Å²) in [5.41, 5.74) is 7.93. The van der Waals surface area contributed by atoms with E-state index in [0.29, 0.717) is 21.1 Å². The van der Waals surface area contributed by atoms with Crippen LogP contribution in [0.1, 0.15) is 15.4 Å². The fraction of sp³-hybridized carbons (Fsp3) is 0.0769. The summed E-state index contributed by atoms with van der Waals surface area (Å²) >= 11 is 1.22. The quantitative estimate of drug-likeness (QED) is 0.753. The molecule has 0 spiro atoms. The highest BCUT2D eigenvalue weighted by Crippen LogP contribution is 2.31. The van der Waals surface area contributed by atoms with Crippen LogP contribution in [0, 0.1) is 6.92 Å². The molecule has 0 aromatic carbocycles. The lowest BCUT2D eigenvalue weighted by Crippen LogP contribution is -2.12. The number of aryl methyl sites for hydroxylation is 1. The van der Waals surface area contributed by atoms with Crippen molar-refractivity contribution in [1.29, 1.82) is 0 Å². The number of anilines is 2. The zero-order chi connectivity index (χ0) is 14.1. The summed E-state index contributed by atoms with van der Waals surface area (Å²) in [6.45, 7) is 1.88. The predicted octanol–water partition coefficient (Wildman–Crippen LogP) is 2.23. The maximum absolute atomic E-state index is 12.2. The van der Waals surface area contributed by atoms with E-state index < -0.39 is 0 Å². The van der Waals surface area contributed by atoms with Gasteiger partial charge in [-0.05, 0) is 25.1 Å². The zero-order valence-corrected chi connectivity index (χ0v) is 11.4. The molecule has 3 heterocycles. The van der Waals surface area contributed by atoms with Crippen molar-refractivity contribution in [3.05, 3.63) is 41.2 Å². The molecule has 6 nitrogen and oxygen atoms in total. The van der Waals surface area contributed by atoms with Crippen LogP contribution >= 0.6 is 11.3 Å². The molecule has 3 aromatic heterocycles. The second-order valence-corrected chi connectivity index (χ2v) is 5.24. The standard InChI is InChI=1S/C13H11N5OS/c1-7-2-3-8(6-15-7)17-12(19)11-10(14)9-4-5-16-18-13(9)20-11/h2-6H,14H2,1H3,(H,17,19). The number of thiophene rings is 1. The number of amides is 1. The van der Waals surface area contributed by atoms with Crippen LogP contribution in [-0.2, 0) is 0 Å². The Hall–Kier alpha value is -2.54. The molecule has 0 aliphatic rings. The minimum Gasteiger partial charge on any atom is -0.397 e. The zero-order valence-electron chi connectivity index (χ0n) is 10.6. The molecular weight excluding hydrogens is 274 g/mol. The lowest BCUT2D eigenvalue weighted by Gasteiger charge is -2.04. The molecule has 20 heavy (non-hydrogen) atoms. The lowest BCUT2D eigenvalue weighted by atomic mass is 10.2. The van der Waals surface area contributed by atoms with Gasteiger partial charge in [0.1, 0.15) is 9.71 Å². The van der Waals surface area contributed by atoms with Crippen molar-refractivity contribution in [3.8, 4) is 0 Å². The highest BCUT2D eigenvalue weighted by Gasteiger charge is 2.17. The van der Waals surface area contributed by atoms with E-state index in [0.717, 1.165) is 11.1 Å². The van der Waals surface area contributed by atoms with Gasteiger partial charge in [-0.15, -0.1) is 16.4 Å². The van der Waals surface area contributed by atoms with Crippen LogP contribution in [0.15, 0.2) is 30.6 Å². The van der Waals surface area contributed by atoms with Crippen molar-refractivity contribution < 1.29 is 4.79 Å². The highest BCUT2D eigenvalue weighted by atomic mass is 32.1. The molecular formula is C13H11N5OS. The molecule has 7 heteroatoms. The SMILES string of the molecule is Cc1ccc(NC(=O)c2sc3nnccc3c2N)cn1. The van der Waals surface area contributed by atoms with Crippen molar-refractivity contribution in [2.24, 2.45) is 0 Å². The number of hydrogen-bond acceptors (Lipinski definition) is 6. The Balaban J connectivity index is 1.92. The van der Waals surface area contributed by atoms with E-state index in [1.165, 1.54) is 11.3 Å². The molecule has 0 saturated carbocycles. The van der Waals surface area contributed by atoms with Crippen LogP contribution in [-0.4, -0.2) is 21.1 Å². The summed E-state index contributed by atoms with van der Waals surface area (Å²) in [5, 5.41) is 11.3. The normalized spacial score (nSPS) is 10.7. The Morgan fingerprint density at radius 2 is 2.20 bits per heavy atom. The molecule has 0 unspecified atom stereocenters. The Morgan fingerprint density at radius 3 is 2.90 bits per heavy atom. The topological polar surface area (TPSA) is 93.8 Å². The fourth-order valence-electron chi connectivity index (χ4n) is 1.77. The highest BCUT2D eigenvalue weighted by molar-refractivity contribution is 7.21. The van der Waals surface area contributed by atoms with Crippen LogP contribution in [0.25, 0.3) is 10.2 Å². The first kappa shape index (κ1) is 12.5. The first-order valence-corrected chi connectivity index (χ1v) is 6.70. The molecule has 0 atom stereocenters. The van der Waals surface area contributed by atoms with Gasteiger partial charge in [-0.25, -0.2) is 0 Å². The lowest BCUT2D eigenvalue weighted by molar-refractivity contribution is 0.103. The molecule has 3 aromatic rings. The molecule has 0 aliphatic heterocycles. The number of nitrogens with two attached hydrogens (primary N) is 1. The predicted molar refractivity (Wildman–Crippen MR) is 78.8 cm³/mol. The summed E-state index contributed by atoms with van der Waals surface area (Å²) in [7, 11) is 0. The molecule has 0 saturated heterocycles. The van der Waals surface area contributed by atoms with Gasteiger partial charge in [0.15, 0.2) is 0 Å². The van der Waals surface area contributed by atoms with Crippen LogP contribution in [0.5, 0.6) is 0 Å². The van der Waals surface area contributed by atoms with Gasteiger partial charge in [-0.2, -0.15) is 5.10 Å². The number of carbonyl (C=O) groups excluding carboxylic acids is 1. The van der Waals surface area contributed by atoms with Crippen LogP contribution in [0.4, 0.5) is 11.4 Å². The Kier molecular flexibility index (Phi) is 3.03. The maximum atomic E-state index is 12.2. The van der Waals surface area contributed by atoms with Gasteiger partial charge in [0.05, 0.1) is 23.8 Å². The average molecular weight is 285 g/mol. The minimum atomic E-state index is -0.267. The smallest absolute Gasteiger partial charge is 0.267 e. The number of nitrogens with zero attached hydrogens (tertiary/aromatic N) is 3.